The summed E-state index contributed by atoms with van der Waals surface area (Å²) in [6.45, 7) is 3.52. The summed E-state index contributed by atoms with van der Waals surface area (Å²) in [6, 6.07) is 7.56. The van der Waals surface area contributed by atoms with Gasteiger partial charge in [0.05, 0.1) is 39.2 Å². The SMILES string of the molecule is CCOC(=O)c1c(N/C=C(/C#N)c2nc(-c3ccc(OC)c(OC)c3)cs2)sc(C(=O)OC)c1C. The van der Waals surface area contributed by atoms with E-state index in [0.717, 1.165) is 16.9 Å². The fraction of sp³-hybridized carbons (Fsp3) is 0.250. The number of esters is 2. The van der Waals surface area contributed by atoms with Gasteiger partial charge in [0.15, 0.2) is 11.5 Å². The molecule has 0 atom stereocenters. The highest BCUT2D eigenvalue weighted by Crippen LogP contribution is 2.36. The van der Waals surface area contributed by atoms with Crippen LogP contribution in [0.4, 0.5) is 5.00 Å². The Kier molecular flexibility index (Phi) is 8.46. The van der Waals surface area contributed by atoms with Gasteiger partial charge in [0, 0.05) is 17.1 Å². The van der Waals surface area contributed by atoms with E-state index in [0.29, 0.717) is 32.8 Å². The van der Waals surface area contributed by atoms with E-state index in [9.17, 15) is 14.9 Å². The van der Waals surface area contributed by atoms with Crippen molar-refractivity contribution in [2.45, 2.75) is 13.8 Å². The first kappa shape index (κ1) is 25.7. The Balaban J connectivity index is 1.94. The lowest BCUT2D eigenvalue weighted by atomic mass is 10.1. The van der Waals surface area contributed by atoms with Crippen LogP contribution in [0, 0.1) is 18.3 Å². The van der Waals surface area contributed by atoms with Gasteiger partial charge in [0.1, 0.15) is 26.5 Å². The summed E-state index contributed by atoms with van der Waals surface area (Å²) in [5.41, 5.74) is 2.38. The molecule has 9 nitrogen and oxygen atoms in total. The molecule has 0 aliphatic heterocycles. The fourth-order valence-corrected chi connectivity index (χ4v) is 5.03. The van der Waals surface area contributed by atoms with Crippen LogP contribution in [0.1, 0.15) is 37.5 Å². The van der Waals surface area contributed by atoms with Gasteiger partial charge in [0.25, 0.3) is 0 Å². The second-order valence-corrected chi connectivity index (χ2v) is 8.77. The Morgan fingerprint density at radius 3 is 2.54 bits per heavy atom. The molecule has 182 valence electrons. The molecular formula is C24H23N3O6S2. The molecule has 1 N–H and O–H groups in total. The van der Waals surface area contributed by atoms with Gasteiger partial charge in [-0.15, -0.1) is 22.7 Å². The zero-order chi connectivity index (χ0) is 25.5. The van der Waals surface area contributed by atoms with Gasteiger partial charge < -0.3 is 24.3 Å². The standard InChI is InChI=1S/C24H23N3O6S2/c1-6-33-23(28)19-13(2)20(24(29)32-5)35-22(19)26-11-15(10-25)21-27-16(12-34-21)14-7-8-17(30-3)18(9-14)31-4/h7-9,11-12,26H,6H2,1-5H3/b15-11-. The predicted octanol–water partition coefficient (Wildman–Crippen LogP) is 5.14. The molecule has 0 radical (unpaired) electrons. The van der Waals surface area contributed by atoms with Crippen LogP contribution in [0.5, 0.6) is 11.5 Å². The predicted molar refractivity (Wildman–Crippen MR) is 134 cm³/mol. The molecule has 0 saturated heterocycles. The maximum atomic E-state index is 12.5. The van der Waals surface area contributed by atoms with Crippen molar-refractivity contribution in [2.75, 3.05) is 33.3 Å². The Hall–Kier alpha value is -3.88. The lowest BCUT2D eigenvalue weighted by Crippen LogP contribution is -2.08. The van der Waals surface area contributed by atoms with Crippen molar-refractivity contribution in [1.82, 2.24) is 4.98 Å². The van der Waals surface area contributed by atoms with Gasteiger partial charge in [-0.2, -0.15) is 5.26 Å². The molecule has 0 spiro atoms. The van der Waals surface area contributed by atoms with Crippen LogP contribution in [0.15, 0.2) is 29.8 Å². The normalized spacial score (nSPS) is 10.9. The minimum Gasteiger partial charge on any atom is -0.493 e. The topological polar surface area (TPSA) is 120 Å². The van der Waals surface area contributed by atoms with E-state index in [2.05, 4.69) is 16.4 Å². The molecule has 0 aliphatic rings. The number of anilines is 1. The van der Waals surface area contributed by atoms with Crippen molar-refractivity contribution in [3.63, 3.8) is 0 Å². The highest BCUT2D eigenvalue weighted by atomic mass is 32.1. The Morgan fingerprint density at radius 2 is 1.91 bits per heavy atom. The Labute approximate surface area is 210 Å². The van der Waals surface area contributed by atoms with Gasteiger partial charge in [-0.3, -0.25) is 0 Å². The van der Waals surface area contributed by atoms with Gasteiger partial charge >= 0.3 is 11.9 Å². The quantitative estimate of drug-likeness (QED) is 0.306. The largest absolute Gasteiger partial charge is 0.493 e. The van der Waals surface area contributed by atoms with E-state index in [1.165, 1.54) is 24.6 Å². The smallest absolute Gasteiger partial charge is 0.348 e. The minimum absolute atomic E-state index is 0.179. The molecule has 0 saturated carbocycles. The summed E-state index contributed by atoms with van der Waals surface area (Å²) in [6.07, 6.45) is 1.45. The van der Waals surface area contributed by atoms with Crippen molar-refractivity contribution in [3.8, 4) is 28.8 Å². The number of carbonyl (C=O) groups is 2. The third-order valence-electron chi connectivity index (χ3n) is 4.88. The number of hydrogen-bond acceptors (Lipinski definition) is 11. The number of benzene rings is 1. The molecule has 0 bridgehead atoms. The molecular weight excluding hydrogens is 490 g/mol. The molecule has 0 amide bonds. The number of thiophene rings is 1. The highest BCUT2D eigenvalue weighted by Gasteiger charge is 2.26. The van der Waals surface area contributed by atoms with Crippen LogP contribution >= 0.6 is 22.7 Å². The number of nitriles is 1. The molecule has 3 rings (SSSR count). The van der Waals surface area contributed by atoms with Gasteiger partial charge in [0.2, 0.25) is 0 Å². The van der Waals surface area contributed by atoms with Crippen molar-refractivity contribution in [3.05, 3.63) is 50.8 Å². The van der Waals surface area contributed by atoms with E-state index in [-0.39, 0.29) is 22.6 Å². The average Bonchev–Trinajstić information content (AvgIpc) is 3.48. The van der Waals surface area contributed by atoms with E-state index in [1.807, 2.05) is 11.4 Å². The second-order valence-electron chi connectivity index (χ2n) is 6.89. The number of ether oxygens (including phenoxy) is 4. The van der Waals surface area contributed by atoms with Crippen molar-refractivity contribution >= 4 is 45.2 Å². The lowest BCUT2D eigenvalue weighted by Gasteiger charge is -2.08. The molecule has 3 aromatic rings. The number of allylic oxidation sites excluding steroid dienone is 1. The number of carbonyl (C=O) groups excluding carboxylic acids is 2. The molecule has 11 heteroatoms. The van der Waals surface area contributed by atoms with Crippen LogP contribution in [-0.2, 0) is 9.47 Å². The number of aromatic nitrogens is 1. The number of rotatable bonds is 9. The van der Waals surface area contributed by atoms with E-state index < -0.39 is 11.9 Å². The number of nitrogens with one attached hydrogen (secondary N) is 1. The number of nitrogens with zero attached hydrogens (tertiary/aromatic N) is 2. The summed E-state index contributed by atoms with van der Waals surface area (Å²) in [7, 11) is 4.38. The maximum absolute atomic E-state index is 12.5. The highest BCUT2D eigenvalue weighted by molar-refractivity contribution is 7.18. The van der Waals surface area contributed by atoms with E-state index in [1.54, 1.807) is 40.2 Å². The van der Waals surface area contributed by atoms with Crippen molar-refractivity contribution < 1.29 is 28.5 Å². The van der Waals surface area contributed by atoms with E-state index >= 15 is 0 Å². The van der Waals surface area contributed by atoms with Crippen LogP contribution < -0.4 is 14.8 Å². The summed E-state index contributed by atoms with van der Waals surface area (Å²) in [5, 5.41) is 15.4. The summed E-state index contributed by atoms with van der Waals surface area (Å²) in [5.74, 6) is 0.0348. The maximum Gasteiger partial charge on any atom is 0.348 e. The molecule has 35 heavy (non-hydrogen) atoms. The van der Waals surface area contributed by atoms with Crippen LogP contribution in [0.3, 0.4) is 0 Å². The molecule has 2 aromatic heterocycles. The first-order valence-corrected chi connectivity index (χ1v) is 12.0. The van der Waals surface area contributed by atoms with Crippen LogP contribution in [0.2, 0.25) is 0 Å². The zero-order valence-electron chi connectivity index (χ0n) is 19.8. The second kappa shape index (κ2) is 11.5. The number of thiazole rings is 1. The first-order valence-electron chi connectivity index (χ1n) is 10.3. The van der Waals surface area contributed by atoms with Crippen molar-refractivity contribution in [2.24, 2.45) is 0 Å². The number of hydrogen-bond donors (Lipinski definition) is 1. The number of methoxy groups -OCH3 is 3. The summed E-state index contributed by atoms with van der Waals surface area (Å²) >= 11 is 2.34. The monoisotopic (exact) mass is 513 g/mol. The molecule has 2 heterocycles. The minimum atomic E-state index is -0.573. The Morgan fingerprint density at radius 1 is 1.17 bits per heavy atom. The third kappa shape index (κ3) is 5.45. The third-order valence-corrected chi connectivity index (χ3v) is 6.96. The van der Waals surface area contributed by atoms with E-state index in [4.69, 9.17) is 18.9 Å². The lowest BCUT2D eigenvalue weighted by molar-refractivity contribution is 0.0527. The van der Waals surface area contributed by atoms with Crippen molar-refractivity contribution in [1.29, 1.82) is 5.26 Å². The molecule has 0 unspecified atom stereocenters. The molecule has 0 aliphatic carbocycles. The Bertz CT molecular complexity index is 1320. The fourth-order valence-electron chi connectivity index (χ4n) is 3.16. The molecule has 0 fully saturated rings. The summed E-state index contributed by atoms with van der Waals surface area (Å²) < 4.78 is 20.6. The van der Waals surface area contributed by atoms with Gasteiger partial charge in [-0.1, -0.05) is 0 Å². The summed E-state index contributed by atoms with van der Waals surface area (Å²) in [4.78, 5) is 29.5. The van der Waals surface area contributed by atoms with Crippen LogP contribution in [-0.4, -0.2) is 44.9 Å². The van der Waals surface area contributed by atoms with Gasteiger partial charge in [-0.25, -0.2) is 14.6 Å². The average molecular weight is 514 g/mol. The zero-order valence-corrected chi connectivity index (χ0v) is 21.4. The first-order chi connectivity index (χ1) is 16.9. The molecule has 1 aromatic carbocycles. The van der Waals surface area contributed by atoms with Crippen LogP contribution in [0.25, 0.3) is 16.8 Å². The van der Waals surface area contributed by atoms with Gasteiger partial charge in [-0.05, 0) is 37.6 Å².